The highest BCUT2D eigenvalue weighted by atomic mass is 16.6. The topological polar surface area (TPSA) is 77.1 Å². The largest absolute Gasteiger partial charge is 0.491 e. The molecule has 0 aromatic heterocycles. The molecule has 34 heavy (non-hydrogen) atoms. The molecular weight excluding hydrogens is 432 g/mol. The number of hydrogen-bond acceptors (Lipinski definition) is 5. The molecule has 1 N–H and O–H groups in total. The van der Waals surface area contributed by atoms with Crippen LogP contribution >= 0.6 is 0 Å². The van der Waals surface area contributed by atoms with Crippen molar-refractivity contribution >= 4 is 12.0 Å². The fraction of sp³-hybridized carbons (Fsp3) is 0.481. The molecule has 7 nitrogen and oxygen atoms in total. The standard InChI is InChI=1S/C27H36N2O5/c1-19(2)24(28-26(31)34-27(3,4)5)25(30)29-17-23(33-22-14-10-7-11-15-22)16-20(29)18-32-21-12-8-6-9-13-21/h6-15,19-20,23-24H,16-18H2,1-5H3,(H,28,31)/t20-,23-,24?/m0/s1. The second-order valence-corrected chi connectivity index (χ2v) is 9.93. The third-order valence-corrected chi connectivity index (χ3v) is 5.50. The van der Waals surface area contributed by atoms with Crippen LogP contribution in [0.3, 0.4) is 0 Å². The highest BCUT2D eigenvalue weighted by Crippen LogP contribution is 2.26. The van der Waals surface area contributed by atoms with Crippen LogP contribution in [0.4, 0.5) is 4.79 Å². The van der Waals surface area contributed by atoms with Gasteiger partial charge in [-0.2, -0.15) is 0 Å². The number of rotatable bonds is 8. The zero-order valence-corrected chi connectivity index (χ0v) is 20.7. The Bertz CT molecular complexity index is 927. The van der Waals surface area contributed by atoms with Crippen molar-refractivity contribution in [2.24, 2.45) is 5.92 Å². The molecule has 2 amide bonds. The number of ether oxygens (including phenoxy) is 3. The zero-order valence-electron chi connectivity index (χ0n) is 20.7. The molecule has 0 saturated carbocycles. The summed E-state index contributed by atoms with van der Waals surface area (Å²) in [7, 11) is 0. The molecular formula is C27H36N2O5. The van der Waals surface area contributed by atoms with E-state index in [-0.39, 0.29) is 24.0 Å². The van der Waals surface area contributed by atoms with Crippen molar-refractivity contribution < 1.29 is 23.8 Å². The minimum absolute atomic E-state index is 0.121. The lowest BCUT2D eigenvalue weighted by atomic mass is 10.0. The first-order valence-corrected chi connectivity index (χ1v) is 11.8. The van der Waals surface area contributed by atoms with Crippen LogP contribution in [-0.2, 0) is 9.53 Å². The molecule has 1 fully saturated rings. The highest BCUT2D eigenvalue weighted by molar-refractivity contribution is 5.86. The van der Waals surface area contributed by atoms with Crippen LogP contribution in [0.15, 0.2) is 60.7 Å². The summed E-state index contributed by atoms with van der Waals surface area (Å²) in [5.74, 6) is 1.22. The number of alkyl carbamates (subject to hydrolysis) is 1. The minimum Gasteiger partial charge on any atom is -0.491 e. The van der Waals surface area contributed by atoms with E-state index in [9.17, 15) is 9.59 Å². The normalized spacial score (nSPS) is 18.9. The van der Waals surface area contributed by atoms with E-state index in [0.29, 0.717) is 19.6 Å². The Balaban J connectivity index is 1.74. The van der Waals surface area contributed by atoms with E-state index in [0.717, 1.165) is 11.5 Å². The van der Waals surface area contributed by atoms with Gasteiger partial charge in [-0.15, -0.1) is 0 Å². The summed E-state index contributed by atoms with van der Waals surface area (Å²) in [6.45, 7) is 9.94. The van der Waals surface area contributed by atoms with Crippen molar-refractivity contribution in [3.8, 4) is 11.5 Å². The molecule has 3 atom stereocenters. The Morgan fingerprint density at radius 2 is 1.59 bits per heavy atom. The van der Waals surface area contributed by atoms with Crippen molar-refractivity contribution in [3.63, 3.8) is 0 Å². The van der Waals surface area contributed by atoms with Gasteiger partial charge in [0.2, 0.25) is 5.91 Å². The quantitative estimate of drug-likeness (QED) is 0.610. The Labute approximate surface area is 202 Å². The van der Waals surface area contributed by atoms with Crippen LogP contribution in [0.1, 0.15) is 41.0 Å². The van der Waals surface area contributed by atoms with Crippen LogP contribution in [0, 0.1) is 5.92 Å². The molecule has 1 aliphatic rings. The van der Waals surface area contributed by atoms with Gasteiger partial charge in [-0.05, 0) is 51.0 Å². The number of para-hydroxylation sites is 2. The SMILES string of the molecule is CC(C)C(NC(=O)OC(C)(C)C)C(=O)N1C[C@@H](Oc2ccccc2)C[C@H]1COc1ccccc1. The van der Waals surface area contributed by atoms with E-state index in [2.05, 4.69) is 5.32 Å². The third kappa shape index (κ3) is 7.40. The molecule has 2 aromatic carbocycles. The predicted octanol–water partition coefficient (Wildman–Crippen LogP) is 4.66. The van der Waals surface area contributed by atoms with Gasteiger partial charge in [0.05, 0.1) is 12.6 Å². The molecule has 0 spiro atoms. The number of nitrogens with one attached hydrogen (secondary N) is 1. The predicted molar refractivity (Wildman–Crippen MR) is 131 cm³/mol. The molecule has 2 aromatic rings. The van der Waals surface area contributed by atoms with Gasteiger partial charge in [-0.25, -0.2) is 4.79 Å². The average Bonchev–Trinajstić information content (AvgIpc) is 3.18. The van der Waals surface area contributed by atoms with Gasteiger partial charge < -0.3 is 24.4 Å². The van der Waals surface area contributed by atoms with Crippen molar-refractivity contribution in [3.05, 3.63) is 60.7 Å². The van der Waals surface area contributed by atoms with Crippen LogP contribution in [0.5, 0.6) is 11.5 Å². The van der Waals surface area contributed by atoms with Gasteiger partial charge in [0, 0.05) is 6.42 Å². The fourth-order valence-electron chi connectivity index (χ4n) is 3.91. The highest BCUT2D eigenvalue weighted by Gasteiger charge is 2.41. The van der Waals surface area contributed by atoms with Crippen molar-refractivity contribution in [2.75, 3.05) is 13.2 Å². The lowest BCUT2D eigenvalue weighted by molar-refractivity contribution is -0.136. The number of amides is 2. The lowest BCUT2D eigenvalue weighted by Crippen LogP contribution is -2.54. The maximum absolute atomic E-state index is 13.7. The summed E-state index contributed by atoms with van der Waals surface area (Å²) in [6, 6.07) is 18.2. The van der Waals surface area contributed by atoms with E-state index in [1.165, 1.54) is 0 Å². The lowest BCUT2D eigenvalue weighted by Gasteiger charge is -2.31. The second-order valence-electron chi connectivity index (χ2n) is 9.93. The first kappa shape index (κ1) is 25.4. The Morgan fingerprint density at radius 1 is 1.00 bits per heavy atom. The summed E-state index contributed by atoms with van der Waals surface area (Å²) in [5.41, 5.74) is -0.650. The van der Waals surface area contributed by atoms with Crippen LogP contribution in [0.2, 0.25) is 0 Å². The summed E-state index contributed by atoms with van der Waals surface area (Å²) < 4.78 is 17.6. The molecule has 1 saturated heterocycles. The summed E-state index contributed by atoms with van der Waals surface area (Å²) in [5, 5.41) is 2.77. The minimum atomic E-state index is -0.718. The first-order chi connectivity index (χ1) is 16.1. The van der Waals surface area contributed by atoms with Gasteiger partial charge in [0.15, 0.2) is 0 Å². The number of carbonyl (C=O) groups is 2. The van der Waals surface area contributed by atoms with E-state index < -0.39 is 17.7 Å². The van der Waals surface area contributed by atoms with E-state index in [4.69, 9.17) is 14.2 Å². The Kier molecular flexibility index (Phi) is 8.42. The maximum atomic E-state index is 13.7. The Morgan fingerprint density at radius 3 is 2.15 bits per heavy atom. The number of carbonyl (C=O) groups excluding carboxylic acids is 2. The number of benzene rings is 2. The molecule has 1 aliphatic heterocycles. The summed E-state index contributed by atoms with van der Waals surface area (Å²) in [4.78, 5) is 27.9. The summed E-state index contributed by atoms with van der Waals surface area (Å²) in [6.07, 6.45) is -0.150. The fourth-order valence-corrected chi connectivity index (χ4v) is 3.91. The molecule has 3 rings (SSSR count). The first-order valence-electron chi connectivity index (χ1n) is 11.8. The van der Waals surface area contributed by atoms with Crippen LogP contribution in [-0.4, -0.2) is 53.8 Å². The number of likely N-dealkylation sites (tertiary alicyclic amines) is 1. The van der Waals surface area contributed by atoms with Crippen molar-refractivity contribution in [1.82, 2.24) is 10.2 Å². The average molecular weight is 469 g/mol. The monoisotopic (exact) mass is 468 g/mol. The molecule has 1 heterocycles. The smallest absolute Gasteiger partial charge is 0.408 e. The Hall–Kier alpha value is -3.22. The van der Waals surface area contributed by atoms with Gasteiger partial charge in [0.25, 0.3) is 0 Å². The van der Waals surface area contributed by atoms with Crippen LogP contribution < -0.4 is 14.8 Å². The van der Waals surface area contributed by atoms with Gasteiger partial charge in [0.1, 0.15) is 35.9 Å². The molecule has 0 aliphatic carbocycles. The van der Waals surface area contributed by atoms with Crippen LogP contribution in [0.25, 0.3) is 0 Å². The van der Waals surface area contributed by atoms with Gasteiger partial charge in [-0.3, -0.25) is 4.79 Å². The van der Waals surface area contributed by atoms with Gasteiger partial charge in [-0.1, -0.05) is 50.2 Å². The molecule has 184 valence electrons. The summed E-state index contributed by atoms with van der Waals surface area (Å²) >= 11 is 0. The van der Waals surface area contributed by atoms with Crippen molar-refractivity contribution in [1.29, 1.82) is 0 Å². The van der Waals surface area contributed by atoms with E-state index >= 15 is 0 Å². The molecule has 7 heteroatoms. The number of hydrogen-bond donors (Lipinski definition) is 1. The maximum Gasteiger partial charge on any atom is 0.408 e. The molecule has 0 bridgehead atoms. The zero-order chi connectivity index (χ0) is 24.7. The van der Waals surface area contributed by atoms with Crippen molar-refractivity contribution in [2.45, 2.75) is 64.8 Å². The van der Waals surface area contributed by atoms with E-state index in [1.807, 2.05) is 74.5 Å². The molecule has 1 unspecified atom stereocenters. The van der Waals surface area contributed by atoms with E-state index in [1.54, 1.807) is 25.7 Å². The molecule has 0 radical (unpaired) electrons. The second kappa shape index (κ2) is 11.3. The third-order valence-electron chi connectivity index (χ3n) is 5.50. The van der Waals surface area contributed by atoms with Gasteiger partial charge >= 0.3 is 6.09 Å². The number of nitrogens with zero attached hydrogens (tertiary/aromatic N) is 1.